The van der Waals surface area contributed by atoms with Crippen molar-refractivity contribution in [3.05, 3.63) is 35.3 Å². The van der Waals surface area contributed by atoms with E-state index in [9.17, 15) is 19.8 Å². The molecule has 1 atom stereocenters. The van der Waals surface area contributed by atoms with E-state index in [0.29, 0.717) is 18.4 Å². The molecule has 133 valence electrons. The number of aromatic hydroxyl groups is 2. The number of carbonyl (C=O) groups excluding carboxylic acids is 1. The number of amides is 1. The van der Waals surface area contributed by atoms with Crippen LogP contribution in [0.4, 0.5) is 0 Å². The van der Waals surface area contributed by atoms with E-state index in [0.717, 1.165) is 0 Å². The van der Waals surface area contributed by atoms with Gasteiger partial charge in [0.1, 0.15) is 6.04 Å². The predicted octanol–water partition coefficient (Wildman–Crippen LogP) is 1.34. The summed E-state index contributed by atoms with van der Waals surface area (Å²) in [6, 6.07) is 2.91. The SMILES string of the molecule is [NH-]CCCCC(=O)NC(Cc1ccc(O)c(O)c1)C(=O)O.[NH-]N.[Y]. The second kappa shape index (κ2) is 14.1. The maximum absolute atomic E-state index is 11.6. The molecule has 1 radical (unpaired) electrons. The minimum absolute atomic E-state index is 0. The first kappa shape index (κ1) is 25.0. The van der Waals surface area contributed by atoms with Crippen LogP contribution < -0.4 is 11.2 Å². The number of carboxylic acid groups (broad SMARTS) is 1. The molecule has 10 heteroatoms. The van der Waals surface area contributed by atoms with E-state index in [4.69, 9.17) is 16.7 Å². The summed E-state index contributed by atoms with van der Waals surface area (Å²) in [7, 11) is 0. The first-order chi connectivity index (χ1) is 10.9. The number of nitrogens with two attached hydrogens (primary N) is 1. The molecule has 9 nitrogen and oxygen atoms in total. The summed E-state index contributed by atoms with van der Waals surface area (Å²) in [5, 5.41) is 30.1. The zero-order valence-corrected chi connectivity index (χ0v) is 16.0. The number of phenols is 2. The first-order valence-corrected chi connectivity index (χ1v) is 6.90. The number of phenolic OH excluding ortho intramolecular Hbond substituents is 2. The molecule has 1 aromatic carbocycles. The summed E-state index contributed by atoms with van der Waals surface area (Å²) < 4.78 is 0. The molecule has 0 saturated carbocycles. The Balaban J connectivity index is 0. The fourth-order valence-corrected chi connectivity index (χ4v) is 1.81. The molecule has 0 aliphatic heterocycles. The summed E-state index contributed by atoms with van der Waals surface area (Å²) in [5.41, 5.74) is 7.46. The maximum Gasteiger partial charge on any atom is 0.326 e. The van der Waals surface area contributed by atoms with Gasteiger partial charge in [0.2, 0.25) is 5.91 Å². The molecule has 0 saturated heterocycles. The van der Waals surface area contributed by atoms with Crippen molar-refractivity contribution >= 4 is 11.9 Å². The van der Waals surface area contributed by atoms with Crippen LogP contribution in [0, 0.1) is 0 Å². The first-order valence-electron chi connectivity index (χ1n) is 6.90. The van der Waals surface area contributed by atoms with Crippen LogP contribution in [0.5, 0.6) is 11.5 Å². The van der Waals surface area contributed by atoms with Gasteiger partial charge in [-0.25, -0.2) is 4.79 Å². The second-order valence-corrected chi connectivity index (χ2v) is 4.69. The molecule has 1 amide bonds. The summed E-state index contributed by atoms with van der Waals surface area (Å²) in [6.07, 6.45) is 1.33. The molecule has 0 aliphatic rings. The number of rotatable bonds is 8. The maximum atomic E-state index is 11.6. The second-order valence-electron chi connectivity index (χ2n) is 4.69. The van der Waals surface area contributed by atoms with Crippen LogP contribution in [0.25, 0.3) is 11.6 Å². The van der Waals surface area contributed by atoms with Gasteiger partial charge in [0.05, 0.1) is 0 Å². The van der Waals surface area contributed by atoms with Crippen LogP contribution in [-0.4, -0.2) is 39.8 Å². The molecular weight excluding hydrogens is 393 g/mol. The Kier molecular flexibility index (Phi) is 14.7. The molecule has 24 heavy (non-hydrogen) atoms. The summed E-state index contributed by atoms with van der Waals surface area (Å²) in [4.78, 5) is 22.8. The molecule has 1 aromatic rings. The largest absolute Gasteiger partial charge is 0.677 e. The van der Waals surface area contributed by atoms with E-state index in [1.165, 1.54) is 18.2 Å². The van der Waals surface area contributed by atoms with E-state index in [1.54, 1.807) is 0 Å². The number of hydrogen-bond acceptors (Lipinski definition) is 5. The van der Waals surface area contributed by atoms with E-state index in [-0.39, 0.29) is 69.5 Å². The minimum Gasteiger partial charge on any atom is -0.677 e. The number of unbranched alkanes of at least 4 members (excludes halogenated alkanes) is 1. The summed E-state index contributed by atoms with van der Waals surface area (Å²) in [5.74, 6) is 6.83. The Labute approximate surface area is 165 Å². The summed E-state index contributed by atoms with van der Waals surface area (Å²) in [6.45, 7) is 0.239. The van der Waals surface area contributed by atoms with Crippen molar-refractivity contribution in [1.82, 2.24) is 5.32 Å². The molecule has 0 aliphatic carbocycles. The third-order valence-corrected chi connectivity index (χ3v) is 2.94. The molecule has 8 N–H and O–H groups in total. The number of carbonyl (C=O) groups is 2. The quantitative estimate of drug-likeness (QED) is 0.185. The van der Waals surface area contributed by atoms with E-state index in [1.807, 2.05) is 0 Å². The third-order valence-electron chi connectivity index (χ3n) is 2.94. The van der Waals surface area contributed by atoms with Crippen molar-refractivity contribution in [1.29, 1.82) is 0 Å². The number of nitrogens with one attached hydrogen (secondary N) is 3. The zero-order chi connectivity index (χ0) is 17.8. The van der Waals surface area contributed by atoms with Crippen LogP contribution in [0.1, 0.15) is 24.8 Å². The number of aliphatic carboxylic acids is 1. The van der Waals surface area contributed by atoms with Gasteiger partial charge in [0, 0.05) is 45.6 Å². The third kappa shape index (κ3) is 9.79. The Morgan fingerprint density at radius 2 is 1.79 bits per heavy atom. The van der Waals surface area contributed by atoms with Crippen LogP contribution in [-0.2, 0) is 48.7 Å². The molecule has 0 heterocycles. The smallest absolute Gasteiger partial charge is 0.326 e. The predicted molar refractivity (Wildman–Crippen MR) is 84.6 cm³/mol. The van der Waals surface area contributed by atoms with Crippen molar-refractivity contribution < 1.29 is 57.6 Å². The van der Waals surface area contributed by atoms with Crippen molar-refractivity contribution in [3.63, 3.8) is 0 Å². The van der Waals surface area contributed by atoms with Crippen LogP contribution in [0.2, 0.25) is 0 Å². The fourth-order valence-electron chi connectivity index (χ4n) is 1.81. The Hall–Kier alpha value is -1.26. The van der Waals surface area contributed by atoms with Crippen molar-refractivity contribution in [2.45, 2.75) is 31.7 Å². The molecule has 0 spiro atoms. The Morgan fingerprint density at radius 3 is 2.29 bits per heavy atom. The topological polar surface area (TPSA) is 180 Å². The van der Waals surface area contributed by atoms with Crippen LogP contribution in [0.3, 0.4) is 0 Å². The Bertz CT molecular complexity index is 516. The van der Waals surface area contributed by atoms with Gasteiger partial charge in [-0.05, 0) is 24.1 Å². The van der Waals surface area contributed by atoms with Crippen molar-refractivity contribution in [2.75, 3.05) is 6.54 Å². The fraction of sp³-hybridized carbons (Fsp3) is 0.429. The monoisotopic (exact) mass is 415 g/mol. The Morgan fingerprint density at radius 1 is 1.17 bits per heavy atom. The van der Waals surface area contributed by atoms with Gasteiger partial charge in [-0.3, -0.25) is 4.79 Å². The van der Waals surface area contributed by atoms with Crippen molar-refractivity contribution in [3.8, 4) is 11.5 Å². The van der Waals surface area contributed by atoms with E-state index in [2.05, 4.69) is 11.2 Å². The van der Waals surface area contributed by atoms with E-state index >= 15 is 0 Å². The van der Waals surface area contributed by atoms with Gasteiger partial charge in [-0.1, -0.05) is 12.5 Å². The van der Waals surface area contributed by atoms with E-state index < -0.39 is 12.0 Å². The standard InChI is InChI=1S/C14H19N2O5.H3N2.Y/c15-6-2-1-3-13(19)16-10(14(20)21)7-9-4-5-11(17)12(18)8-9;1-2;/h4-5,8,10,15,17-18H,1-3,6-7H2,(H,16,19)(H,20,21);1H,2H2;/q2*-1;. The van der Waals surface area contributed by atoms with Crippen molar-refractivity contribution in [2.24, 2.45) is 5.84 Å². The van der Waals surface area contributed by atoms with Gasteiger partial charge in [-0.15, -0.1) is 0 Å². The van der Waals surface area contributed by atoms with Crippen LogP contribution >= 0.6 is 0 Å². The molecule has 1 rings (SSSR count). The summed E-state index contributed by atoms with van der Waals surface area (Å²) >= 11 is 0. The molecule has 0 aromatic heterocycles. The van der Waals surface area contributed by atoms with Crippen LogP contribution in [0.15, 0.2) is 18.2 Å². The molecular formula is C14H22N4O5Y-2. The minimum atomic E-state index is -1.17. The average Bonchev–Trinajstić information content (AvgIpc) is 2.52. The van der Waals surface area contributed by atoms with Gasteiger partial charge < -0.3 is 38.1 Å². The molecule has 1 unspecified atom stereocenters. The van der Waals surface area contributed by atoms with Gasteiger partial charge >= 0.3 is 5.97 Å². The molecule has 0 bridgehead atoms. The normalized spacial score (nSPS) is 10.6. The average molecular weight is 415 g/mol. The number of carboxylic acids is 1. The zero-order valence-electron chi connectivity index (χ0n) is 13.2. The van der Waals surface area contributed by atoms with Gasteiger partial charge in [0.25, 0.3) is 0 Å². The number of hydrogen-bond donors (Lipinski definition) is 5. The molecule has 0 fully saturated rings. The van der Waals surface area contributed by atoms with Gasteiger partial charge in [-0.2, -0.15) is 6.54 Å². The van der Waals surface area contributed by atoms with Gasteiger partial charge in [0.15, 0.2) is 11.5 Å². The number of benzene rings is 1.